The van der Waals surface area contributed by atoms with Crippen molar-refractivity contribution >= 4 is 0 Å². The molecule has 2 N–H and O–H groups in total. The van der Waals surface area contributed by atoms with Gasteiger partial charge in [-0.1, -0.05) is 54.6 Å². The molecule has 3 aromatic rings. The average Bonchev–Trinajstić information content (AvgIpc) is 2.66. The van der Waals surface area contributed by atoms with Gasteiger partial charge in [-0.25, -0.2) is 4.39 Å². The number of ether oxygens (including phenoxy) is 1. The first-order valence-electron chi connectivity index (χ1n) is 8.46. The van der Waals surface area contributed by atoms with E-state index >= 15 is 0 Å². The zero-order chi connectivity index (χ0) is 17.5. The van der Waals surface area contributed by atoms with E-state index in [1.54, 1.807) is 12.1 Å². The van der Waals surface area contributed by atoms with Gasteiger partial charge in [0, 0.05) is 5.92 Å². The van der Waals surface area contributed by atoms with Crippen molar-refractivity contribution < 1.29 is 9.13 Å². The molecule has 0 heterocycles. The van der Waals surface area contributed by atoms with Gasteiger partial charge in [0.25, 0.3) is 0 Å². The van der Waals surface area contributed by atoms with Crippen LogP contribution in [0.2, 0.25) is 0 Å². The number of benzene rings is 3. The SMILES string of the molecule is NCC(Cc1ccc(OCc2ccccc2)cc1)c1cccc(F)c1. The van der Waals surface area contributed by atoms with Gasteiger partial charge in [0.15, 0.2) is 0 Å². The predicted molar refractivity (Wildman–Crippen MR) is 99.1 cm³/mol. The van der Waals surface area contributed by atoms with E-state index in [9.17, 15) is 4.39 Å². The summed E-state index contributed by atoms with van der Waals surface area (Å²) >= 11 is 0. The van der Waals surface area contributed by atoms with Crippen LogP contribution in [0.4, 0.5) is 4.39 Å². The van der Waals surface area contributed by atoms with Gasteiger partial charge in [-0.3, -0.25) is 0 Å². The smallest absolute Gasteiger partial charge is 0.123 e. The number of hydrogen-bond acceptors (Lipinski definition) is 2. The van der Waals surface area contributed by atoms with Gasteiger partial charge in [-0.2, -0.15) is 0 Å². The van der Waals surface area contributed by atoms with Gasteiger partial charge in [0.05, 0.1) is 0 Å². The third kappa shape index (κ3) is 4.91. The molecular formula is C22H22FNO. The monoisotopic (exact) mass is 335 g/mol. The Balaban J connectivity index is 1.61. The molecular weight excluding hydrogens is 313 g/mol. The summed E-state index contributed by atoms with van der Waals surface area (Å²) in [4.78, 5) is 0. The van der Waals surface area contributed by atoms with Crippen LogP contribution in [0.5, 0.6) is 5.75 Å². The Labute approximate surface area is 148 Å². The van der Waals surface area contributed by atoms with E-state index in [-0.39, 0.29) is 11.7 Å². The molecule has 0 saturated carbocycles. The van der Waals surface area contributed by atoms with Gasteiger partial charge in [-0.05, 0) is 53.9 Å². The Morgan fingerprint density at radius 1 is 0.840 bits per heavy atom. The first-order valence-corrected chi connectivity index (χ1v) is 8.46. The van der Waals surface area contributed by atoms with Crippen LogP contribution in [0.15, 0.2) is 78.9 Å². The molecule has 2 nitrogen and oxygen atoms in total. The molecule has 0 aliphatic heterocycles. The van der Waals surface area contributed by atoms with E-state index in [4.69, 9.17) is 10.5 Å². The van der Waals surface area contributed by atoms with Gasteiger partial charge >= 0.3 is 0 Å². The van der Waals surface area contributed by atoms with E-state index in [1.807, 2.05) is 60.7 Å². The number of nitrogens with two attached hydrogens (primary N) is 1. The van der Waals surface area contributed by atoms with Crippen molar-refractivity contribution in [2.45, 2.75) is 18.9 Å². The minimum absolute atomic E-state index is 0.104. The van der Waals surface area contributed by atoms with Crippen molar-refractivity contribution in [3.05, 3.63) is 101 Å². The molecule has 1 unspecified atom stereocenters. The van der Waals surface area contributed by atoms with Crippen molar-refractivity contribution in [1.29, 1.82) is 0 Å². The lowest BCUT2D eigenvalue weighted by atomic mass is 9.92. The number of rotatable bonds is 7. The molecule has 0 bridgehead atoms. The van der Waals surface area contributed by atoms with Crippen molar-refractivity contribution in [3.8, 4) is 5.75 Å². The molecule has 3 heteroatoms. The highest BCUT2D eigenvalue weighted by atomic mass is 19.1. The Hall–Kier alpha value is -2.65. The summed E-state index contributed by atoms with van der Waals surface area (Å²) in [7, 11) is 0. The first-order chi connectivity index (χ1) is 12.2. The summed E-state index contributed by atoms with van der Waals surface area (Å²) in [5.74, 6) is 0.718. The topological polar surface area (TPSA) is 35.2 Å². The van der Waals surface area contributed by atoms with E-state index < -0.39 is 0 Å². The maximum Gasteiger partial charge on any atom is 0.123 e. The molecule has 128 valence electrons. The lowest BCUT2D eigenvalue weighted by molar-refractivity contribution is 0.306. The van der Waals surface area contributed by atoms with Crippen molar-refractivity contribution in [3.63, 3.8) is 0 Å². The van der Waals surface area contributed by atoms with Crippen molar-refractivity contribution in [2.24, 2.45) is 5.73 Å². The quantitative estimate of drug-likeness (QED) is 0.680. The fraction of sp³-hybridized carbons (Fsp3) is 0.182. The van der Waals surface area contributed by atoms with Crippen molar-refractivity contribution in [1.82, 2.24) is 0 Å². The Morgan fingerprint density at radius 3 is 2.28 bits per heavy atom. The van der Waals surface area contributed by atoms with Gasteiger partial charge in [0.2, 0.25) is 0 Å². The van der Waals surface area contributed by atoms with E-state index in [0.29, 0.717) is 13.2 Å². The molecule has 0 aliphatic rings. The summed E-state index contributed by atoms with van der Waals surface area (Å²) in [5.41, 5.74) is 9.13. The van der Waals surface area contributed by atoms with Crippen molar-refractivity contribution in [2.75, 3.05) is 6.54 Å². The third-order valence-corrected chi connectivity index (χ3v) is 4.26. The third-order valence-electron chi connectivity index (χ3n) is 4.26. The van der Waals surface area contributed by atoms with Gasteiger partial charge in [-0.15, -0.1) is 0 Å². The normalized spacial score (nSPS) is 11.9. The second-order valence-electron chi connectivity index (χ2n) is 6.11. The first kappa shape index (κ1) is 17.2. The molecule has 3 rings (SSSR count). The van der Waals surface area contributed by atoms with Crippen LogP contribution in [0.3, 0.4) is 0 Å². The maximum atomic E-state index is 13.4. The average molecular weight is 335 g/mol. The molecule has 0 radical (unpaired) electrons. The molecule has 0 aromatic heterocycles. The minimum atomic E-state index is -0.222. The lowest BCUT2D eigenvalue weighted by Gasteiger charge is -2.16. The molecule has 1 atom stereocenters. The fourth-order valence-electron chi connectivity index (χ4n) is 2.84. The highest BCUT2D eigenvalue weighted by molar-refractivity contribution is 5.30. The largest absolute Gasteiger partial charge is 0.489 e. The molecule has 3 aromatic carbocycles. The van der Waals surface area contributed by atoms with E-state index in [0.717, 1.165) is 28.9 Å². The Morgan fingerprint density at radius 2 is 1.60 bits per heavy atom. The zero-order valence-electron chi connectivity index (χ0n) is 14.1. The minimum Gasteiger partial charge on any atom is -0.489 e. The van der Waals surface area contributed by atoms with Crippen LogP contribution in [0.25, 0.3) is 0 Å². The predicted octanol–water partition coefficient (Wildman–Crippen LogP) is 4.69. The van der Waals surface area contributed by atoms with Crippen LogP contribution in [-0.2, 0) is 13.0 Å². The van der Waals surface area contributed by atoms with Gasteiger partial charge in [0.1, 0.15) is 18.2 Å². The van der Waals surface area contributed by atoms with E-state index in [2.05, 4.69) is 0 Å². The standard InChI is InChI=1S/C22H22FNO/c23-21-8-4-7-19(14-21)20(15-24)13-17-9-11-22(12-10-17)25-16-18-5-2-1-3-6-18/h1-12,14,20H,13,15-16,24H2. The Kier molecular flexibility index (Phi) is 5.81. The molecule has 25 heavy (non-hydrogen) atoms. The summed E-state index contributed by atoms with van der Waals surface area (Å²) in [6.45, 7) is 1.03. The van der Waals surface area contributed by atoms with Crippen LogP contribution in [-0.4, -0.2) is 6.54 Å². The van der Waals surface area contributed by atoms with E-state index in [1.165, 1.54) is 6.07 Å². The number of hydrogen-bond donors (Lipinski definition) is 1. The summed E-state index contributed by atoms with van der Waals surface area (Å²) in [5, 5.41) is 0. The Bertz CT molecular complexity index is 787. The maximum absolute atomic E-state index is 13.4. The zero-order valence-corrected chi connectivity index (χ0v) is 14.1. The number of halogens is 1. The summed E-state index contributed by atoms with van der Waals surface area (Å²) in [6.07, 6.45) is 0.777. The summed E-state index contributed by atoms with van der Waals surface area (Å²) < 4.78 is 19.2. The van der Waals surface area contributed by atoms with Crippen LogP contribution < -0.4 is 10.5 Å². The highest BCUT2D eigenvalue weighted by Gasteiger charge is 2.11. The summed E-state index contributed by atoms with van der Waals surface area (Å²) in [6, 6.07) is 24.8. The molecule has 0 saturated heterocycles. The molecule has 0 aliphatic carbocycles. The van der Waals surface area contributed by atoms with Crippen LogP contribution in [0.1, 0.15) is 22.6 Å². The van der Waals surface area contributed by atoms with Gasteiger partial charge < -0.3 is 10.5 Å². The molecule has 0 spiro atoms. The lowest BCUT2D eigenvalue weighted by Crippen LogP contribution is -2.15. The second kappa shape index (κ2) is 8.45. The second-order valence-corrected chi connectivity index (χ2v) is 6.11. The van der Waals surface area contributed by atoms with Crippen LogP contribution in [0, 0.1) is 5.82 Å². The fourth-order valence-corrected chi connectivity index (χ4v) is 2.84. The highest BCUT2D eigenvalue weighted by Crippen LogP contribution is 2.22. The molecule has 0 amide bonds. The molecule has 0 fully saturated rings. The van der Waals surface area contributed by atoms with Crippen LogP contribution >= 0.6 is 0 Å².